The van der Waals surface area contributed by atoms with Crippen LogP contribution in [0.1, 0.15) is 122 Å². The van der Waals surface area contributed by atoms with Crippen molar-refractivity contribution in [3.63, 3.8) is 0 Å². The Morgan fingerprint density at radius 3 is 1.65 bits per heavy atom. The Kier molecular flexibility index (Phi) is 18.9. The number of aliphatic hydroxyl groups is 1. The van der Waals surface area contributed by atoms with Crippen LogP contribution in [0.4, 0.5) is 4.79 Å². The number of unbranched alkanes of at least 4 members (excludes halogenated alkanes) is 11. The summed E-state index contributed by atoms with van der Waals surface area (Å²) in [6.45, 7) is 8.22. The number of alkyl carbamates (subject to hydrolysis) is 1. The van der Waals surface area contributed by atoms with E-state index in [4.69, 9.17) is 14.2 Å². The van der Waals surface area contributed by atoms with Gasteiger partial charge in [0.1, 0.15) is 11.7 Å². The molecule has 6 nitrogen and oxygen atoms in total. The molecule has 0 unspecified atom stereocenters. The Hall–Kier alpha value is -2.41. The van der Waals surface area contributed by atoms with Crippen LogP contribution in [0.2, 0.25) is 0 Å². The summed E-state index contributed by atoms with van der Waals surface area (Å²) in [6, 6.07) is 19.4. The molecule has 0 aliphatic rings. The minimum absolute atomic E-state index is 0.289. The minimum atomic E-state index is -0.684. The third-order valence-electron chi connectivity index (χ3n) is 7.60. The molecule has 0 saturated carbocycles. The Morgan fingerprint density at radius 1 is 0.721 bits per heavy atom. The highest BCUT2D eigenvalue weighted by Gasteiger charge is 2.33. The van der Waals surface area contributed by atoms with Crippen LogP contribution in [-0.2, 0) is 27.4 Å². The molecule has 43 heavy (non-hydrogen) atoms. The topological polar surface area (TPSA) is 77.0 Å². The highest BCUT2D eigenvalue weighted by molar-refractivity contribution is 5.68. The molecule has 2 aromatic carbocycles. The summed E-state index contributed by atoms with van der Waals surface area (Å²) in [7, 11) is 0. The molecule has 2 rings (SSSR count). The average Bonchev–Trinajstić information content (AvgIpc) is 2.99. The first-order chi connectivity index (χ1) is 20.8. The molecule has 3 atom stereocenters. The maximum Gasteiger partial charge on any atom is 0.408 e. The van der Waals surface area contributed by atoms with Crippen LogP contribution >= 0.6 is 0 Å². The molecule has 0 aliphatic carbocycles. The fraction of sp³-hybridized carbons (Fsp3) is 0.649. The maximum absolute atomic E-state index is 12.7. The highest BCUT2D eigenvalue weighted by Crippen LogP contribution is 2.22. The smallest absolute Gasteiger partial charge is 0.408 e. The van der Waals surface area contributed by atoms with Crippen LogP contribution < -0.4 is 5.32 Å². The van der Waals surface area contributed by atoms with Gasteiger partial charge in [-0.3, -0.25) is 0 Å². The zero-order chi connectivity index (χ0) is 31.2. The van der Waals surface area contributed by atoms with Crippen LogP contribution in [-0.4, -0.2) is 41.7 Å². The lowest BCUT2D eigenvalue weighted by molar-refractivity contribution is -0.109. The first-order valence-corrected chi connectivity index (χ1v) is 16.7. The summed E-state index contributed by atoms with van der Waals surface area (Å²) in [6.07, 6.45) is 14.7. The van der Waals surface area contributed by atoms with Crippen molar-refractivity contribution in [2.75, 3.05) is 6.61 Å². The van der Waals surface area contributed by atoms with Gasteiger partial charge in [-0.15, -0.1) is 0 Å². The largest absolute Gasteiger partial charge is 0.444 e. The number of aliphatic hydroxyl groups excluding tert-OH is 1. The zero-order valence-electron chi connectivity index (χ0n) is 27.4. The summed E-state index contributed by atoms with van der Waals surface area (Å²) in [5, 5.41) is 13.3. The van der Waals surface area contributed by atoms with Crippen molar-refractivity contribution in [3.05, 3.63) is 71.8 Å². The van der Waals surface area contributed by atoms with E-state index in [2.05, 4.69) is 12.2 Å². The van der Waals surface area contributed by atoms with Gasteiger partial charge >= 0.3 is 6.09 Å². The number of benzene rings is 2. The van der Waals surface area contributed by atoms with Crippen molar-refractivity contribution in [1.29, 1.82) is 0 Å². The van der Waals surface area contributed by atoms with Crippen LogP contribution in [0, 0.1) is 0 Å². The van der Waals surface area contributed by atoms with Gasteiger partial charge in [-0.25, -0.2) is 4.79 Å². The zero-order valence-corrected chi connectivity index (χ0v) is 27.4. The molecule has 242 valence electrons. The van der Waals surface area contributed by atoms with Gasteiger partial charge in [0.25, 0.3) is 0 Å². The van der Waals surface area contributed by atoms with E-state index < -0.39 is 23.8 Å². The summed E-state index contributed by atoms with van der Waals surface area (Å²) in [4.78, 5) is 12.7. The molecule has 0 fully saturated rings. The van der Waals surface area contributed by atoms with Crippen molar-refractivity contribution < 1.29 is 24.1 Å². The number of hydrogen-bond donors (Lipinski definition) is 2. The van der Waals surface area contributed by atoms with Gasteiger partial charge in [-0.05, 0) is 38.3 Å². The number of amides is 1. The minimum Gasteiger partial charge on any atom is -0.444 e. The third-order valence-corrected chi connectivity index (χ3v) is 7.60. The number of hydrogen-bond acceptors (Lipinski definition) is 5. The van der Waals surface area contributed by atoms with E-state index in [9.17, 15) is 9.90 Å². The SMILES string of the molecule is CCCCCCCCCCCCCC[C@@H](OCc1ccccc1)[C@@H](OCc1ccccc1)[C@H](CO)NC(=O)OC(C)(C)C. The molecule has 0 saturated heterocycles. The fourth-order valence-electron chi connectivity index (χ4n) is 5.25. The summed E-state index contributed by atoms with van der Waals surface area (Å²) >= 11 is 0. The van der Waals surface area contributed by atoms with Gasteiger partial charge in [-0.2, -0.15) is 0 Å². The molecule has 0 aromatic heterocycles. The number of ether oxygens (including phenoxy) is 3. The van der Waals surface area contributed by atoms with Crippen molar-refractivity contribution >= 4 is 6.09 Å². The molecule has 0 bridgehead atoms. The molecular weight excluding hydrogens is 538 g/mol. The fourth-order valence-corrected chi connectivity index (χ4v) is 5.25. The predicted molar refractivity (Wildman–Crippen MR) is 176 cm³/mol. The van der Waals surface area contributed by atoms with Gasteiger partial charge in [0.2, 0.25) is 0 Å². The van der Waals surface area contributed by atoms with Crippen LogP contribution in [0.3, 0.4) is 0 Å². The Balaban J connectivity index is 2.02. The van der Waals surface area contributed by atoms with Gasteiger partial charge < -0.3 is 24.6 Å². The van der Waals surface area contributed by atoms with E-state index >= 15 is 0 Å². The van der Waals surface area contributed by atoms with Crippen molar-refractivity contribution in [3.8, 4) is 0 Å². The van der Waals surface area contributed by atoms with Gasteiger partial charge in [0, 0.05) is 0 Å². The lowest BCUT2D eigenvalue weighted by Crippen LogP contribution is -2.53. The summed E-state index contributed by atoms with van der Waals surface area (Å²) in [5.74, 6) is 0. The second-order valence-electron chi connectivity index (χ2n) is 12.7. The summed E-state index contributed by atoms with van der Waals surface area (Å²) < 4.78 is 18.5. The van der Waals surface area contributed by atoms with E-state index in [0.29, 0.717) is 13.2 Å². The molecule has 0 aliphatic heterocycles. The van der Waals surface area contributed by atoms with Gasteiger partial charge in [-0.1, -0.05) is 145 Å². The van der Waals surface area contributed by atoms with Crippen molar-refractivity contribution in [2.24, 2.45) is 0 Å². The summed E-state index contributed by atoms with van der Waals surface area (Å²) in [5.41, 5.74) is 1.45. The predicted octanol–water partition coefficient (Wildman–Crippen LogP) is 9.13. The molecular formula is C37H59NO5. The molecule has 0 radical (unpaired) electrons. The highest BCUT2D eigenvalue weighted by atomic mass is 16.6. The normalized spacial score (nSPS) is 13.8. The second kappa shape index (κ2) is 22.2. The second-order valence-corrected chi connectivity index (χ2v) is 12.7. The van der Waals surface area contributed by atoms with Crippen LogP contribution in [0.25, 0.3) is 0 Å². The molecule has 2 N–H and O–H groups in total. The van der Waals surface area contributed by atoms with E-state index in [-0.39, 0.29) is 12.7 Å². The molecule has 1 amide bonds. The Labute approximate surface area is 261 Å². The Bertz CT molecular complexity index is 946. The lowest BCUT2D eigenvalue weighted by Gasteiger charge is -2.34. The van der Waals surface area contributed by atoms with Crippen molar-refractivity contribution in [2.45, 2.75) is 148 Å². The van der Waals surface area contributed by atoms with Gasteiger partial charge in [0.15, 0.2) is 0 Å². The Morgan fingerprint density at radius 2 is 1.19 bits per heavy atom. The first-order valence-electron chi connectivity index (χ1n) is 16.7. The monoisotopic (exact) mass is 597 g/mol. The van der Waals surface area contributed by atoms with Crippen molar-refractivity contribution in [1.82, 2.24) is 5.32 Å². The number of nitrogens with one attached hydrogen (secondary N) is 1. The number of rotatable bonds is 23. The first kappa shape index (κ1) is 36.8. The molecule has 6 heteroatoms. The lowest BCUT2D eigenvalue weighted by atomic mass is 9.98. The van der Waals surface area contributed by atoms with E-state index in [1.165, 1.54) is 64.2 Å². The van der Waals surface area contributed by atoms with Gasteiger partial charge in [0.05, 0.1) is 32.0 Å². The van der Waals surface area contributed by atoms with Crippen LogP contribution in [0.5, 0.6) is 0 Å². The third kappa shape index (κ3) is 17.5. The maximum atomic E-state index is 12.7. The molecule has 0 spiro atoms. The van der Waals surface area contributed by atoms with E-state index in [1.54, 1.807) is 0 Å². The van der Waals surface area contributed by atoms with E-state index in [1.807, 2.05) is 81.4 Å². The van der Waals surface area contributed by atoms with Crippen LogP contribution in [0.15, 0.2) is 60.7 Å². The average molecular weight is 598 g/mol. The molecule has 0 heterocycles. The quantitative estimate of drug-likeness (QED) is 0.125. The number of carbonyl (C=O) groups is 1. The number of carbonyl (C=O) groups excluding carboxylic acids is 1. The standard InChI is InChI=1S/C37H59NO5/c1-5-6-7-8-9-10-11-12-13-14-15-22-27-34(41-29-31-23-18-16-19-24-31)35(42-30-32-25-20-17-21-26-32)33(28-39)38-36(40)43-37(2,3)4/h16-21,23-26,33-35,39H,5-15,22,27-30H2,1-4H3,(H,38,40)/t33-,34+,35-/m0/s1. The van der Waals surface area contributed by atoms with E-state index in [0.717, 1.165) is 30.4 Å². The molecule has 2 aromatic rings.